The van der Waals surface area contributed by atoms with Gasteiger partial charge in [0.25, 0.3) is 0 Å². The van der Waals surface area contributed by atoms with Crippen molar-refractivity contribution in [3.63, 3.8) is 0 Å². The minimum atomic E-state index is -1.38. The molecule has 80 valence electrons. The Morgan fingerprint density at radius 1 is 1.33 bits per heavy atom. The quantitative estimate of drug-likeness (QED) is 0.717. The molecule has 0 unspecified atom stereocenters. The number of aliphatic hydroxyl groups is 2. The Kier molecular flexibility index (Phi) is 2.87. The molecule has 1 aliphatic rings. The lowest BCUT2D eigenvalue weighted by Crippen LogP contribution is -2.04. The second kappa shape index (κ2) is 4.00. The molecule has 0 saturated carbocycles. The first-order valence-corrected chi connectivity index (χ1v) is 5.89. The van der Waals surface area contributed by atoms with Crippen molar-refractivity contribution >= 4 is 17.8 Å². The highest BCUT2D eigenvalue weighted by Crippen LogP contribution is 2.36. The van der Waals surface area contributed by atoms with Crippen molar-refractivity contribution < 1.29 is 10.2 Å². The van der Waals surface area contributed by atoms with E-state index in [9.17, 15) is 10.2 Å². The van der Waals surface area contributed by atoms with Gasteiger partial charge in [0.15, 0.2) is 6.29 Å². The summed E-state index contributed by atoms with van der Waals surface area (Å²) < 4.78 is 0. The zero-order valence-electron chi connectivity index (χ0n) is 8.82. The van der Waals surface area contributed by atoms with E-state index in [1.54, 1.807) is 11.8 Å². The highest BCUT2D eigenvalue weighted by atomic mass is 32.2. The van der Waals surface area contributed by atoms with Crippen molar-refractivity contribution in [2.45, 2.75) is 25.0 Å². The maximum atomic E-state index is 9.26. The van der Waals surface area contributed by atoms with Gasteiger partial charge in [-0.05, 0) is 36.6 Å². The van der Waals surface area contributed by atoms with Crippen LogP contribution in [-0.2, 0) is 0 Å². The topological polar surface area (TPSA) is 40.5 Å². The molecule has 1 heterocycles. The average Bonchev–Trinajstić information content (AvgIpc) is 2.23. The molecular weight excluding hydrogens is 208 g/mol. The molecule has 1 aromatic carbocycles. The van der Waals surface area contributed by atoms with Gasteiger partial charge in [-0.15, -0.1) is 11.8 Å². The van der Waals surface area contributed by atoms with E-state index >= 15 is 0 Å². The van der Waals surface area contributed by atoms with Gasteiger partial charge in [0, 0.05) is 16.2 Å². The predicted molar refractivity (Wildman–Crippen MR) is 62.9 cm³/mol. The van der Waals surface area contributed by atoms with Gasteiger partial charge >= 0.3 is 0 Å². The van der Waals surface area contributed by atoms with Crippen molar-refractivity contribution in [1.29, 1.82) is 0 Å². The fourth-order valence-electron chi connectivity index (χ4n) is 1.90. The van der Waals surface area contributed by atoms with Crippen LogP contribution in [0.5, 0.6) is 0 Å². The summed E-state index contributed by atoms with van der Waals surface area (Å²) >= 11 is 1.80. The van der Waals surface area contributed by atoms with Crippen LogP contribution in [0.25, 0.3) is 6.08 Å². The molecule has 0 aliphatic carbocycles. The second-order valence-electron chi connectivity index (χ2n) is 3.74. The molecule has 0 spiro atoms. The number of hydrogen-bond acceptors (Lipinski definition) is 3. The second-order valence-corrected chi connectivity index (χ2v) is 4.77. The normalized spacial score (nSPS) is 14.5. The van der Waals surface area contributed by atoms with Crippen molar-refractivity contribution in [1.82, 2.24) is 0 Å². The van der Waals surface area contributed by atoms with Crippen molar-refractivity contribution in [3.05, 3.63) is 34.4 Å². The first-order valence-electron chi connectivity index (χ1n) is 4.91. The number of rotatable bonds is 1. The summed E-state index contributed by atoms with van der Waals surface area (Å²) in [7, 11) is 0. The van der Waals surface area contributed by atoms with Crippen molar-refractivity contribution in [2.75, 3.05) is 5.75 Å². The van der Waals surface area contributed by atoms with Crippen LogP contribution in [-0.4, -0.2) is 16.0 Å². The Labute approximate surface area is 93.6 Å². The lowest BCUT2D eigenvalue weighted by atomic mass is 9.98. The molecule has 3 heteroatoms. The van der Waals surface area contributed by atoms with Crippen LogP contribution >= 0.6 is 11.8 Å². The van der Waals surface area contributed by atoms with Gasteiger partial charge in [-0.25, -0.2) is 0 Å². The van der Waals surface area contributed by atoms with Gasteiger partial charge in [-0.3, -0.25) is 0 Å². The number of fused-ring (bicyclic) bond motifs is 1. The fourth-order valence-corrected chi connectivity index (χ4v) is 2.93. The van der Waals surface area contributed by atoms with Crippen LogP contribution in [0.2, 0.25) is 0 Å². The molecule has 0 saturated heterocycles. The third-order valence-electron chi connectivity index (χ3n) is 2.70. The first-order chi connectivity index (χ1) is 7.11. The summed E-state index contributed by atoms with van der Waals surface area (Å²) in [5, 5.41) is 18.5. The number of thioether (sulfide) groups is 1. The third kappa shape index (κ3) is 1.83. The van der Waals surface area contributed by atoms with Gasteiger partial charge < -0.3 is 10.2 Å². The molecule has 0 radical (unpaired) electrons. The van der Waals surface area contributed by atoms with Crippen LogP contribution < -0.4 is 0 Å². The monoisotopic (exact) mass is 222 g/mol. The molecule has 2 nitrogen and oxygen atoms in total. The number of aryl methyl sites for hydroxylation is 1. The Morgan fingerprint density at radius 2 is 2.07 bits per heavy atom. The lowest BCUT2D eigenvalue weighted by Gasteiger charge is -2.19. The molecule has 0 fully saturated rings. The predicted octanol–water partition coefficient (Wildman–Crippen LogP) is 2.41. The highest BCUT2D eigenvalue weighted by Gasteiger charge is 2.16. The number of aliphatic hydroxyl groups excluding tert-OH is 1. The summed E-state index contributed by atoms with van der Waals surface area (Å²) in [6, 6.07) is 1.87. The van der Waals surface area contributed by atoms with Gasteiger partial charge in [-0.1, -0.05) is 12.2 Å². The maximum absolute atomic E-state index is 9.26. The standard InChI is InChI=1S/C12H14O2S/c1-7-6-10(12(13)14)8(2)9-4-3-5-15-11(7)9/h3-4,6,12-14H,5H2,1-2H3. The molecule has 1 aliphatic heterocycles. The molecule has 0 bridgehead atoms. The third-order valence-corrected chi connectivity index (χ3v) is 3.89. The summed E-state index contributed by atoms with van der Waals surface area (Å²) in [6.45, 7) is 3.94. The minimum absolute atomic E-state index is 0.610. The summed E-state index contributed by atoms with van der Waals surface area (Å²) in [5.41, 5.74) is 3.83. The van der Waals surface area contributed by atoms with Crippen LogP contribution in [0.3, 0.4) is 0 Å². The Morgan fingerprint density at radius 3 is 2.73 bits per heavy atom. The molecule has 2 rings (SSSR count). The van der Waals surface area contributed by atoms with E-state index in [-0.39, 0.29) is 0 Å². The summed E-state index contributed by atoms with van der Waals surface area (Å²) in [5.74, 6) is 0.994. The Bertz CT molecular complexity index is 422. The van der Waals surface area contributed by atoms with Crippen molar-refractivity contribution in [2.24, 2.45) is 0 Å². The van der Waals surface area contributed by atoms with E-state index in [1.165, 1.54) is 4.90 Å². The molecule has 0 aromatic heterocycles. The Hall–Kier alpha value is -0.770. The van der Waals surface area contributed by atoms with Crippen LogP contribution in [0.4, 0.5) is 0 Å². The van der Waals surface area contributed by atoms with Gasteiger partial charge in [-0.2, -0.15) is 0 Å². The molecular formula is C12H14O2S. The van der Waals surface area contributed by atoms with Crippen LogP contribution in [0.15, 0.2) is 17.0 Å². The molecule has 15 heavy (non-hydrogen) atoms. The largest absolute Gasteiger partial charge is 0.364 e. The van der Waals surface area contributed by atoms with E-state index < -0.39 is 6.29 Å². The van der Waals surface area contributed by atoms with Crippen LogP contribution in [0.1, 0.15) is 28.5 Å². The SMILES string of the molecule is Cc1cc(C(O)O)c(C)c2c1SCC=C2. The summed E-state index contributed by atoms with van der Waals surface area (Å²) in [6.07, 6.45) is 2.79. The van der Waals surface area contributed by atoms with E-state index in [0.29, 0.717) is 5.56 Å². The van der Waals surface area contributed by atoms with Crippen LogP contribution in [0, 0.1) is 13.8 Å². The zero-order chi connectivity index (χ0) is 11.0. The average molecular weight is 222 g/mol. The Balaban J connectivity index is 2.66. The van der Waals surface area contributed by atoms with Crippen molar-refractivity contribution in [3.8, 4) is 0 Å². The molecule has 1 aromatic rings. The summed E-state index contributed by atoms with van der Waals surface area (Å²) in [4.78, 5) is 1.26. The van der Waals surface area contributed by atoms with E-state index in [1.807, 2.05) is 19.9 Å². The number of hydrogen-bond donors (Lipinski definition) is 2. The molecule has 2 N–H and O–H groups in total. The highest BCUT2D eigenvalue weighted by molar-refractivity contribution is 7.99. The zero-order valence-corrected chi connectivity index (χ0v) is 9.64. The van der Waals surface area contributed by atoms with E-state index in [0.717, 1.165) is 22.4 Å². The molecule has 0 amide bonds. The molecule has 0 atom stereocenters. The maximum Gasteiger partial charge on any atom is 0.178 e. The first kappa shape index (κ1) is 10.7. The van der Waals surface area contributed by atoms with Gasteiger partial charge in [0.05, 0.1) is 0 Å². The van der Waals surface area contributed by atoms with Gasteiger partial charge in [0.2, 0.25) is 0 Å². The van der Waals surface area contributed by atoms with Gasteiger partial charge in [0.1, 0.15) is 0 Å². The van der Waals surface area contributed by atoms with E-state index in [2.05, 4.69) is 12.2 Å². The smallest absolute Gasteiger partial charge is 0.178 e. The minimum Gasteiger partial charge on any atom is -0.364 e. The lowest BCUT2D eigenvalue weighted by molar-refractivity contribution is -0.0430. The van der Waals surface area contributed by atoms with E-state index in [4.69, 9.17) is 0 Å². The number of benzene rings is 1. The fraction of sp³-hybridized carbons (Fsp3) is 0.333.